The number of rotatable bonds is 6. The number of aliphatic carboxylic acids is 1. The van der Waals surface area contributed by atoms with Crippen molar-refractivity contribution >= 4 is 5.97 Å². The van der Waals surface area contributed by atoms with Crippen LogP contribution in [0.4, 0.5) is 0 Å². The Kier molecular flexibility index (Phi) is 5.56. The highest BCUT2D eigenvalue weighted by Gasteiger charge is 2.06. The second-order valence-electron chi connectivity index (χ2n) is 2.72. The number of hydrogen-bond donors (Lipinski definition) is 4. The molecule has 6 nitrogen and oxygen atoms in total. The van der Waals surface area contributed by atoms with E-state index in [-0.39, 0.29) is 6.29 Å². The van der Waals surface area contributed by atoms with Crippen molar-refractivity contribution in [1.82, 2.24) is 5.32 Å². The molecule has 2 atom stereocenters. The summed E-state index contributed by atoms with van der Waals surface area (Å²) in [5.74, 6) is -1.10. The molecule has 6 heteroatoms. The number of nitrogens with two attached hydrogens (primary N) is 1. The van der Waals surface area contributed by atoms with Gasteiger partial charge in [-0.1, -0.05) is 0 Å². The number of carboxylic acid groups (broad SMARTS) is 1. The quantitative estimate of drug-likeness (QED) is 0.239. The molecule has 0 saturated carbocycles. The number of nitrogens with one attached hydrogen (secondary N) is 1. The Labute approximate surface area is 71.1 Å². The molecule has 0 rings (SSSR count). The van der Waals surface area contributed by atoms with Gasteiger partial charge >= 0.3 is 0 Å². The summed E-state index contributed by atoms with van der Waals surface area (Å²) in [5, 5.41) is 13.1. The van der Waals surface area contributed by atoms with Crippen LogP contribution in [-0.2, 0) is 4.79 Å². The fourth-order valence-corrected chi connectivity index (χ4v) is 0.754. The highest BCUT2D eigenvalue weighted by atomic mass is 16.4. The standard InChI is InChI=1S/C6H16N4O2/c7-4(5(11)12)2-1-3-10-6(8)9/h4,6,10H,1-3,7-9H2,(H,11,12)/p+1. The average molecular weight is 177 g/mol. The zero-order valence-electron chi connectivity index (χ0n) is 7.08. The van der Waals surface area contributed by atoms with Crippen molar-refractivity contribution in [2.75, 3.05) is 6.54 Å². The van der Waals surface area contributed by atoms with Crippen LogP contribution in [0.1, 0.15) is 12.8 Å². The molecule has 2 unspecified atom stereocenters. The zero-order chi connectivity index (χ0) is 9.56. The van der Waals surface area contributed by atoms with E-state index < -0.39 is 12.0 Å². The van der Waals surface area contributed by atoms with E-state index in [4.69, 9.17) is 5.73 Å². The minimum Gasteiger partial charge on any atom is -0.544 e. The van der Waals surface area contributed by atoms with E-state index >= 15 is 0 Å². The van der Waals surface area contributed by atoms with Crippen molar-refractivity contribution < 1.29 is 21.4 Å². The van der Waals surface area contributed by atoms with Gasteiger partial charge in [-0.05, 0) is 6.42 Å². The van der Waals surface area contributed by atoms with E-state index in [0.717, 1.165) is 0 Å². The number of carbonyl (C=O) groups excluding carboxylic acids is 1. The van der Waals surface area contributed by atoms with Gasteiger partial charge in [0.05, 0.1) is 5.97 Å². The largest absolute Gasteiger partial charge is 0.544 e. The van der Waals surface area contributed by atoms with Crippen LogP contribution in [0.5, 0.6) is 0 Å². The van der Waals surface area contributed by atoms with Crippen LogP contribution in [0.15, 0.2) is 0 Å². The zero-order valence-corrected chi connectivity index (χ0v) is 7.08. The van der Waals surface area contributed by atoms with Crippen molar-refractivity contribution in [2.24, 2.45) is 5.73 Å². The van der Waals surface area contributed by atoms with Crippen molar-refractivity contribution in [2.45, 2.75) is 25.2 Å². The normalized spacial score (nSPS) is 15.6. The Morgan fingerprint density at radius 2 is 2.17 bits per heavy atom. The summed E-state index contributed by atoms with van der Waals surface area (Å²) in [6.45, 7) is 0.657. The van der Waals surface area contributed by atoms with Gasteiger partial charge in [0.2, 0.25) is 0 Å². The van der Waals surface area contributed by atoms with E-state index in [1.165, 1.54) is 0 Å². The van der Waals surface area contributed by atoms with Crippen molar-refractivity contribution in [3.05, 3.63) is 0 Å². The van der Waals surface area contributed by atoms with Gasteiger partial charge in [0.25, 0.3) is 0 Å². The first-order valence-corrected chi connectivity index (χ1v) is 3.90. The molecule has 0 aliphatic carbocycles. The molecule has 9 N–H and O–H groups in total. The van der Waals surface area contributed by atoms with Crippen LogP contribution < -0.4 is 27.6 Å². The summed E-state index contributed by atoms with van der Waals surface area (Å²) in [4.78, 5) is 10.2. The summed E-state index contributed by atoms with van der Waals surface area (Å²) >= 11 is 0. The molecule has 0 bridgehead atoms. The molecular weight excluding hydrogens is 160 g/mol. The molecule has 0 heterocycles. The third kappa shape index (κ3) is 6.05. The number of carbonyl (C=O) groups is 1. The maximum absolute atomic E-state index is 10.2. The lowest BCUT2D eigenvalue weighted by Gasteiger charge is -2.09. The molecule has 0 fully saturated rings. The first-order valence-electron chi connectivity index (χ1n) is 3.90. The highest BCUT2D eigenvalue weighted by Crippen LogP contribution is 1.89. The van der Waals surface area contributed by atoms with Gasteiger partial charge in [0.1, 0.15) is 6.04 Å². The van der Waals surface area contributed by atoms with Crippen LogP contribution in [0.3, 0.4) is 0 Å². The van der Waals surface area contributed by atoms with E-state index in [0.29, 0.717) is 19.4 Å². The van der Waals surface area contributed by atoms with E-state index in [1.54, 1.807) is 0 Å². The van der Waals surface area contributed by atoms with Crippen molar-refractivity contribution in [3.63, 3.8) is 0 Å². The Hall–Kier alpha value is -0.690. The molecule has 12 heavy (non-hydrogen) atoms. The van der Waals surface area contributed by atoms with E-state index in [1.807, 2.05) is 0 Å². The lowest BCUT2D eigenvalue weighted by atomic mass is 10.2. The first kappa shape index (κ1) is 11.3. The fraction of sp³-hybridized carbons (Fsp3) is 0.833. The predicted octanol–water partition coefficient (Wildman–Crippen LogP) is -4.80. The Morgan fingerprint density at radius 1 is 1.58 bits per heavy atom. The number of quaternary nitrogens is 2. The van der Waals surface area contributed by atoms with Crippen LogP contribution in [0.25, 0.3) is 0 Å². The fourth-order valence-electron chi connectivity index (χ4n) is 0.754. The summed E-state index contributed by atoms with van der Waals surface area (Å²) in [6, 6.07) is -0.632. The van der Waals surface area contributed by atoms with Gasteiger partial charge in [-0.25, -0.2) is 0 Å². The molecule has 0 saturated heterocycles. The summed E-state index contributed by atoms with van der Waals surface area (Å²) < 4.78 is 0. The predicted molar refractivity (Wildman–Crippen MR) is 39.8 cm³/mol. The van der Waals surface area contributed by atoms with Crippen LogP contribution >= 0.6 is 0 Å². The van der Waals surface area contributed by atoms with Gasteiger partial charge in [-0.2, -0.15) is 0 Å². The van der Waals surface area contributed by atoms with Gasteiger partial charge < -0.3 is 21.4 Å². The van der Waals surface area contributed by atoms with Crippen molar-refractivity contribution in [1.29, 1.82) is 0 Å². The van der Waals surface area contributed by atoms with Crippen molar-refractivity contribution in [3.8, 4) is 0 Å². The molecule has 0 aromatic heterocycles. The summed E-state index contributed by atoms with van der Waals surface area (Å²) in [5.41, 5.74) is 12.2. The molecule has 0 spiro atoms. The SMILES string of the molecule is NC([NH3+])NCCCC([NH3+])C(=O)[O-]. The van der Waals surface area contributed by atoms with Gasteiger partial charge in [-0.3, -0.25) is 11.1 Å². The number of hydrogen-bond acceptors (Lipinski definition) is 4. The van der Waals surface area contributed by atoms with Crippen LogP contribution in [0.2, 0.25) is 0 Å². The number of carboxylic acids is 1. The smallest absolute Gasteiger partial charge is 0.192 e. The van der Waals surface area contributed by atoms with Gasteiger partial charge in [0.15, 0.2) is 6.29 Å². The Bertz CT molecular complexity index is 140. The monoisotopic (exact) mass is 177 g/mol. The molecule has 0 radical (unpaired) electrons. The molecule has 0 aliphatic rings. The third-order valence-corrected chi connectivity index (χ3v) is 1.47. The second kappa shape index (κ2) is 5.90. The Morgan fingerprint density at radius 3 is 2.58 bits per heavy atom. The minimum atomic E-state index is -1.10. The Balaban J connectivity index is 3.25. The molecule has 0 amide bonds. The summed E-state index contributed by atoms with van der Waals surface area (Å²) in [6.07, 6.45) is 0.921. The van der Waals surface area contributed by atoms with Crippen LogP contribution in [-0.4, -0.2) is 24.8 Å². The highest BCUT2D eigenvalue weighted by molar-refractivity contribution is 5.68. The van der Waals surface area contributed by atoms with Crippen LogP contribution in [0, 0.1) is 0 Å². The molecular formula is C6H17N4O2+. The molecule has 72 valence electrons. The lowest BCUT2D eigenvalue weighted by Crippen LogP contribution is -2.73. The first-order chi connectivity index (χ1) is 5.54. The maximum Gasteiger partial charge on any atom is 0.192 e. The van der Waals surface area contributed by atoms with Gasteiger partial charge in [0, 0.05) is 13.0 Å². The lowest BCUT2D eigenvalue weighted by molar-refractivity contribution is -0.439. The molecule has 0 aromatic rings. The maximum atomic E-state index is 10.2. The second-order valence-corrected chi connectivity index (χ2v) is 2.72. The molecule has 0 aromatic carbocycles. The van der Waals surface area contributed by atoms with E-state index in [9.17, 15) is 9.90 Å². The van der Waals surface area contributed by atoms with Gasteiger partial charge in [-0.15, -0.1) is 0 Å². The molecule has 0 aliphatic heterocycles. The summed E-state index contributed by atoms with van der Waals surface area (Å²) in [7, 11) is 0. The third-order valence-electron chi connectivity index (χ3n) is 1.47. The topological polar surface area (TPSA) is 133 Å². The van der Waals surface area contributed by atoms with E-state index in [2.05, 4.69) is 16.8 Å². The average Bonchev–Trinajstić information content (AvgIpc) is 1.97. The minimum absolute atomic E-state index is 0.295.